The second-order valence-corrected chi connectivity index (χ2v) is 7.15. The van der Waals surface area contributed by atoms with E-state index >= 15 is 0 Å². The molecule has 3 N–H and O–H groups in total. The molecule has 0 radical (unpaired) electrons. The van der Waals surface area contributed by atoms with Crippen molar-refractivity contribution in [3.8, 4) is 0 Å². The van der Waals surface area contributed by atoms with Gasteiger partial charge >= 0.3 is 0 Å². The maximum Gasteiger partial charge on any atom is 0.240 e. The van der Waals surface area contributed by atoms with E-state index in [4.69, 9.17) is 10.5 Å². The molecule has 0 saturated carbocycles. The van der Waals surface area contributed by atoms with Crippen LogP contribution in [0.5, 0.6) is 0 Å². The number of fused-ring (bicyclic) bond motifs is 1. The summed E-state index contributed by atoms with van der Waals surface area (Å²) in [5.41, 5.74) is 7.18. The Kier molecular flexibility index (Phi) is 5.74. The number of rotatable bonds is 7. The lowest BCUT2D eigenvalue weighted by atomic mass is 10.1. The Balaban J connectivity index is 2.26. The highest BCUT2D eigenvalue weighted by atomic mass is 32.2. The topological polar surface area (TPSA) is 102 Å². The average Bonchev–Trinajstić information content (AvgIpc) is 2.95. The molecule has 0 fully saturated rings. The number of anilines is 1. The second kappa shape index (κ2) is 7.39. The third-order valence-electron chi connectivity index (χ3n) is 3.90. The average molecular weight is 341 g/mol. The third-order valence-corrected chi connectivity index (χ3v) is 5.44. The van der Waals surface area contributed by atoms with E-state index in [0.29, 0.717) is 25.2 Å². The van der Waals surface area contributed by atoms with Gasteiger partial charge in [-0.25, -0.2) is 13.1 Å². The smallest absolute Gasteiger partial charge is 0.240 e. The van der Waals surface area contributed by atoms with Crippen molar-refractivity contribution < 1.29 is 17.9 Å². The fourth-order valence-corrected chi connectivity index (χ4v) is 3.69. The Bertz CT molecular complexity index is 671. The minimum absolute atomic E-state index is 0.112. The Hall–Kier alpha value is -1.48. The summed E-state index contributed by atoms with van der Waals surface area (Å²) in [5, 5.41) is 0. The molecular formula is C15H23N3O4S. The van der Waals surface area contributed by atoms with Gasteiger partial charge in [0.15, 0.2) is 0 Å². The lowest BCUT2D eigenvalue weighted by Gasteiger charge is -2.21. The SMILES string of the molecule is CCNS(=O)(=O)c1ccc2c(c1)N(C(=O)CC(CN)OC)CC2. The maximum atomic E-state index is 12.4. The van der Waals surface area contributed by atoms with Crippen molar-refractivity contribution >= 4 is 21.6 Å². The molecule has 8 heteroatoms. The fraction of sp³-hybridized carbons (Fsp3) is 0.533. The molecule has 1 atom stereocenters. The first-order chi connectivity index (χ1) is 10.9. The van der Waals surface area contributed by atoms with Crippen molar-refractivity contribution in [3.05, 3.63) is 23.8 Å². The number of hydrogen-bond acceptors (Lipinski definition) is 5. The number of nitrogens with two attached hydrogens (primary N) is 1. The van der Waals surface area contributed by atoms with Crippen molar-refractivity contribution in [2.45, 2.75) is 30.8 Å². The molecule has 0 spiro atoms. The number of benzene rings is 1. The van der Waals surface area contributed by atoms with Crippen LogP contribution in [0.4, 0.5) is 5.69 Å². The molecule has 128 valence electrons. The molecule has 1 aromatic carbocycles. The monoisotopic (exact) mass is 341 g/mol. The zero-order valence-electron chi connectivity index (χ0n) is 13.4. The summed E-state index contributed by atoms with van der Waals surface area (Å²) >= 11 is 0. The summed E-state index contributed by atoms with van der Waals surface area (Å²) < 4.78 is 31.9. The zero-order valence-corrected chi connectivity index (χ0v) is 14.2. The molecule has 1 heterocycles. The maximum absolute atomic E-state index is 12.4. The number of hydrogen-bond donors (Lipinski definition) is 2. The van der Waals surface area contributed by atoms with E-state index in [9.17, 15) is 13.2 Å². The Morgan fingerprint density at radius 1 is 1.48 bits per heavy atom. The van der Waals surface area contributed by atoms with Gasteiger partial charge in [-0.2, -0.15) is 0 Å². The molecule has 1 aliphatic rings. The number of ether oxygens (including phenoxy) is 1. The van der Waals surface area contributed by atoms with Crippen molar-refractivity contribution in [2.24, 2.45) is 5.73 Å². The van der Waals surface area contributed by atoms with Gasteiger partial charge < -0.3 is 15.4 Å². The second-order valence-electron chi connectivity index (χ2n) is 5.38. The number of nitrogens with one attached hydrogen (secondary N) is 1. The number of nitrogens with zero attached hydrogens (tertiary/aromatic N) is 1. The predicted octanol–water partition coefficient (Wildman–Crippen LogP) is 0.238. The van der Waals surface area contributed by atoms with Crippen LogP contribution in [0, 0.1) is 0 Å². The highest BCUT2D eigenvalue weighted by Gasteiger charge is 2.28. The minimum Gasteiger partial charge on any atom is -0.380 e. The summed E-state index contributed by atoms with van der Waals surface area (Å²) in [7, 11) is -2.03. The van der Waals surface area contributed by atoms with Crippen LogP contribution < -0.4 is 15.4 Å². The Labute approximate surface area is 136 Å². The summed E-state index contributed by atoms with van der Waals surface area (Å²) in [6.45, 7) is 2.84. The molecule has 1 aliphatic heterocycles. The standard InChI is InChI=1S/C15H23N3O4S/c1-3-17-23(20,21)13-5-4-11-6-7-18(14(11)9-13)15(19)8-12(10-16)22-2/h4-5,9,12,17H,3,6-8,10,16H2,1-2H3. The van der Waals surface area contributed by atoms with Gasteiger partial charge in [-0.3, -0.25) is 4.79 Å². The highest BCUT2D eigenvalue weighted by molar-refractivity contribution is 7.89. The van der Waals surface area contributed by atoms with Gasteiger partial charge in [-0.05, 0) is 24.1 Å². The largest absolute Gasteiger partial charge is 0.380 e. The lowest BCUT2D eigenvalue weighted by Crippen LogP contribution is -2.35. The predicted molar refractivity (Wildman–Crippen MR) is 87.8 cm³/mol. The number of amides is 1. The van der Waals surface area contributed by atoms with Crippen molar-refractivity contribution in [2.75, 3.05) is 31.6 Å². The highest BCUT2D eigenvalue weighted by Crippen LogP contribution is 2.31. The van der Waals surface area contributed by atoms with E-state index in [-0.39, 0.29) is 29.9 Å². The lowest BCUT2D eigenvalue weighted by molar-refractivity contribution is -0.120. The summed E-state index contributed by atoms with van der Waals surface area (Å²) in [4.78, 5) is 14.2. The van der Waals surface area contributed by atoms with Crippen LogP contribution in [0.1, 0.15) is 18.9 Å². The zero-order chi connectivity index (χ0) is 17.0. The van der Waals surface area contributed by atoms with Crippen LogP contribution in [-0.4, -0.2) is 47.2 Å². The van der Waals surface area contributed by atoms with Gasteiger partial charge in [0.2, 0.25) is 15.9 Å². The number of sulfonamides is 1. The van der Waals surface area contributed by atoms with Crippen LogP contribution in [-0.2, 0) is 26.0 Å². The van der Waals surface area contributed by atoms with Crippen LogP contribution >= 0.6 is 0 Å². The van der Waals surface area contributed by atoms with Gasteiger partial charge in [0.1, 0.15) is 0 Å². The third kappa shape index (κ3) is 3.89. The normalized spacial score (nSPS) is 15.5. The van der Waals surface area contributed by atoms with E-state index in [0.717, 1.165) is 5.56 Å². The van der Waals surface area contributed by atoms with Gasteiger partial charge in [0.05, 0.1) is 17.4 Å². The van der Waals surface area contributed by atoms with E-state index in [1.54, 1.807) is 30.0 Å². The molecule has 0 aliphatic carbocycles. The first kappa shape index (κ1) is 17.9. The van der Waals surface area contributed by atoms with Crippen LogP contribution in [0.2, 0.25) is 0 Å². The van der Waals surface area contributed by atoms with E-state index in [2.05, 4.69) is 4.72 Å². The quantitative estimate of drug-likeness (QED) is 0.740. The van der Waals surface area contributed by atoms with E-state index < -0.39 is 10.0 Å². The molecular weight excluding hydrogens is 318 g/mol. The Morgan fingerprint density at radius 2 is 2.22 bits per heavy atom. The molecule has 0 aromatic heterocycles. The first-order valence-electron chi connectivity index (χ1n) is 7.58. The van der Waals surface area contributed by atoms with Crippen LogP contribution in [0.15, 0.2) is 23.1 Å². The van der Waals surface area contributed by atoms with Gasteiger partial charge in [0.25, 0.3) is 0 Å². The first-order valence-corrected chi connectivity index (χ1v) is 9.07. The minimum atomic E-state index is -3.55. The summed E-state index contributed by atoms with van der Waals surface area (Å²) in [6, 6.07) is 4.90. The number of carbonyl (C=O) groups excluding carboxylic acids is 1. The van der Waals surface area contributed by atoms with E-state index in [1.165, 1.54) is 7.11 Å². The molecule has 0 bridgehead atoms. The molecule has 1 aromatic rings. The van der Waals surface area contributed by atoms with E-state index in [1.807, 2.05) is 0 Å². The van der Waals surface area contributed by atoms with Crippen molar-refractivity contribution in [1.82, 2.24) is 4.72 Å². The number of methoxy groups -OCH3 is 1. The van der Waals surface area contributed by atoms with Gasteiger partial charge in [-0.15, -0.1) is 0 Å². The molecule has 1 amide bonds. The fourth-order valence-electron chi connectivity index (χ4n) is 2.63. The summed E-state index contributed by atoms with van der Waals surface area (Å²) in [6.07, 6.45) is 0.555. The van der Waals surface area contributed by atoms with Crippen LogP contribution in [0.25, 0.3) is 0 Å². The molecule has 1 unspecified atom stereocenters. The van der Waals surface area contributed by atoms with Gasteiger partial charge in [0, 0.05) is 32.4 Å². The molecule has 23 heavy (non-hydrogen) atoms. The van der Waals surface area contributed by atoms with Crippen LogP contribution in [0.3, 0.4) is 0 Å². The van der Waals surface area contributed by atoms with Crippen molar-refractivity contribution in [1.29, 1.82) is 0 Å². The molecule has 0 saturated heterocycles. The van der Waals surface area contributed by atoms with Gasteiger partial charge in [-0.1, -0.05) is 13.0 Å². The summed E-state index contributed by atoms with van der Waals surface area (Å²) in [5.74, 6) is -0.112. The molecule has 2 rings (SSSR count). The number of carbonyl (C=O) groups is 1. The Morgan fingerprint density at radius 3 is 2.83 bits per heavy atom. The van der Waals surface area contributed by atoms with Crippen molar-refractivity contribution in [3.63, 3.8) is 0 Å². The molecule has 7 nitrogen and oxygen atoms in total.